The molecule has 0 heterocycles. The topological polar surface area (TPSA) is 101 Å². The summed E-state index contributed by atoms with van der Waals surface area (Å²) in [7, 11) is 0. The van der Waals surface area contributed by atoms with Gasteiger partial charge in [0.1, 0.15) is 0 Å². The first-order valence-electron chi connectivity index (χ1n) is 7.52. The van der Waals surface area contributed by atoms with E-state index in [1.807, 2.05) is 18.2 Å². The van der Waals surface area contributed by atoms with Gasteiger partial charge in [-0.2, -0.15) is 0 Å². The van der Waals surface area contributed by atoms with Crippen LogP contribution in [0, 0.1) is 0 Å². The van der Waals surface area contributed by atoms with Gasteiger partial charge in [-0.05, 0) is 47.0 Å². The zero-order valence-corrected chi connectivity index (χ0v) is 13.1. The number of nitrogens with two attached hydrogens (primary N) is 1. The summed E-state index contributed by atoms with van der Waals surface area (Å²) in [6, 6.07) is 18.7. The van der Waals surface area contributed by atoms with E-state index in [4.69, 9.17) is 15.9 Å². The number of carboxylic acid groups (broad SMARTS) is 2. The molecule has 5 nitrogen and oxygen atoms in total. The number of hydrogen-bond acceptors (Lipinski definition) is 3. The first-order chi connectivity index (χ1) is 12.0. The molecule has 0 saturated carbocycles. The summed E-state index contributed by atoms with van der Waals surface area (Å²) < 4.78 is 0. The molecule has 0 unspecified atom stereocenters. The number of aromatic carboxylic acids is 2. The Kier molecular flexibility index (Phi) is 4.22. The molecule has 0 aromatic heterocycles. The van der Waals surface area contributed by atoms with Crippen molar-refractivity contribution >= 4 is 17.6 Å². The average molecular weight is 333 g/mol. The van der Waals surface area contributed by atoms with Gasteiger partial charge >= 0.3 is 11.9 Å². The van der Waals surface area contributed by atoms with Crippen LogP contribution in [0.5, 0.6) is 0 Å². The molecule has 0 saturated heterocycles. The maximum absolute atomic E-state index is 10.9. The Morgan fingerprint density at radius 2 is 1.08 bits per heavy atom. The third-order valence-corrected chi connectivity index (χ3v) is 3.96. The van der Waals surface area contributed by atoms with Crippen molar-refractivity contribution in [1.29, 1.82) is 0 Å². The molecule has 0 spiro atoms. The van der Waals surface area contributed by atoms with E-state index in [0.29, 0.717) is 5.69 Å². The highest BCUT2D eigenvalue weighted by Crippen LogP contribution is 2.31. The first-order valence-corrected chi connectivity index (χ1v) is 7.52. The highest BCUT2D eigenvalue weighted by atomic mass is 16.4. The minimum absolute atomic E-state index is 0.220. The van der Waals surface area contributed by atoms with Crippen LogP contribution in [0.2, 0.25) is 0 Å². The molecular weight excluding hydrogens is 318 g/mol. The van der Waals surface area contributed by atoms with Crippen LogP contribution in [-0.2, 0) is 0 Å². The second-order valence-corrected chi connectivity index (χ2v) is 5.57. The molecule has 0 atom stereocenters. The Bertz CT molecular complexity index is 944. The lowest BCUT2D eigenvalue weighted by Gasteiger charge is -2.10. The number of anilines is 1. The van der Waals surface area contributed by atoms with Crippen LogP contribution in [0.1, 0.15) is 20.7 Å². The van der Waals surface area contributed by atoms with Crippen molar-refractivity contribution in [2.75, 3.05) is 5.73 Å². The lowest BCUT2D eigenvalue weighted by Crippen LogP contribution is -1.96. The SMILES string of the molecule is Nc1cc(-c2ccc(C(=O)O)cc2)ccc1-c1ccc(C(=O)O)cc1. The zero-order valence-electron chi connectivity index (χ0n) is 13.1. The standard InChI is InChI=1S/C20H15NO4/c21-18-11-16(12-1-5-14(6-2-12)19(22)23)9-10-17(18)13-3-7-15(8-4-13)20(24)25/h1-11H,21H2,(H,22,23)(H,24,25). The monoisotopic (exact) mass is 333 g/mol. The van der Waals surface area contributed by atoms with E-state index >= 15 is 0 Å². The van der Waals surface area contributed by atoms with Gasteiger partial charge in [-0.1, -0.05) is 36.4 Å². The van der Waals surface area contributed by atoms with Gasteiger partial charge in [-0.25, -0.2) is 9.59 Å². The van der Waals surface area contributed by atoms with Gasteiger partial charge in [0.05, 0.1) is 11.1 Å². The van der Waals surface area contributed by atoms with E-state index in [0.717, 1.165) is 22.3 Å². The number of nitrogen functional groups attached to an aromatic ring is 1. The van der Waals surface area contributed by atoms with Crippen molar-refractivity contribution in [2.24, 2.45) is 0 Å². The van der Waals surface area contributed by atoms with Gasteiger partial charge in [0.2, 0.25) is 0 Å². The maximum atomic E-state index is 10.9. The first kappa shape index (κ1) is 16.3. The van der Waals surface area contributed by atoms with Crippen LogP contribution < -0.4 is 5.73 Å². The molecule has 4 N–H and O–H groups in total. The van der Waals surface area contributed by atoms with Crippen LogP contribution >= 0.6 is 0 Å². The van der Waals surface area contributed by atoms with Crippen molar-refractivity contribution in [2.45, 2.75) is 0 Å². The second kappa shape index (κ2) is 6.49. The van der Waals surface area contributed by atoms with Crippen molar-refractivity contribution < 1.29 is 19.8 Å². The van der Waals surface area contributed by atoms with Gasteiger partial charge in [0.25, 0.3) is 0 Å². The lowest BCUT2D eigenvalue weighted by molar-refractivity contribution is 0.0686. The molecule has 0 aliphatic heterocycles. The highest BCUT2D eigenvalue weighted by molar-refractivity contribution is 5.90. The molecule has 5 heteroatoms. The predicted molar refractivity (Wildman–Crippen MR) is 95.6 cm³/mol. The number of rotatable bonds is 4. The van der Waals surface area contributed by atoms with Crippen LogP contribution in [0.15, 0.2) is 66.7 Å². The molecule has 3 aromatic rings. The summed E-state index contributed by atoms with van der Waals surface area (Å²) in [5.41, 5.74) is 10.5. The average Bonchev–Trinajstić information content (AvgIpc) is 2.62. The summed E-state index contributed by atoms with van der Waals surface area (Å²) in [5.74, 6) is -1.94. The molecule has 0 aliphatic carbocycles. The van der Waals surface area contributed by atoms with Crippen molar-refractivity contribution in [1.82, 2.24) is 0 Å². The van der Waals surface area contributed by atoms with E-state index in [-0.39, 0.29) is 11.1 Å². The van der Waals surface area contributed by atoms with E-state index in [9.17, 15) is 9.59 Å². The van der Waals surface area contributed by atoms with Crippen molar-refractivity contribution in [3.05, 3.63) is 77.9 Å². The maximum Gasteiger partial charge on any atom is 0.335 e. The van der Waals surface area contributed by atoms with E-state index in [2.05, 4.69) is 0 Å². The molecule has 0 amide bonds. The molecule has 25 heavy (non-hydrogen) atoms. The fourth-order valence-corrected chi connectivity index (χ4v) is 2.60. The third kappa shape index (κ3) is 3.35. The van der Waals surface area contributed by atoms with Crippen LogP contribution in [0.25, 0.3) is 22.3 Å². The van der Waals surface area contributed by atoms with Gasteiger partial charge in [-0.15, -0.1) is 0 Å². The number of benzene rings is 3. The van der Waals surface area contributed by atoms with Crippen LogP contribution in [-0.4, -0.2) is 22.2 Å². The summed E-state index contributed by atoms with van der Waals surface area (Å²) in [4.78, 5) is 21.8. The van der Waals surface area contributed by atoms with Crippen LogP contribution in [0.4, 0.5) is 5.69 Å². The largest absolute Gasteiger partial charge is 0.478 e. The van der Waals surface area contributed by atoms with Gasteiger partial charge in [0.15, 0.2) is 0 Å². The van der Waals surface area contributed by atoms with Gasteiger partial charge < -0.3 is 15.9 Å². The molecule has 3 aromatic carbocycles. The summed E-state index contributed by atoms with van der Waals surface area (Å²) in [6.45, 7) is 0. The summed E-state index contributed by atoms with van der Waals surface area (Å²) in [6.07, 6.45) is 0. The Hall–Kier alpha value is -3.60. The van der Waals surface area contributed by atoms with Crippen LogP contribution in [0.3, 0.4) is 0 Å². The van der Waals surface area contributed by atoms with Crippen molar-refractivity contribution in [3.63, 3.8) is 0 Å². The number of carboxylic acids is 2. The minimum Gasteiger partial charge on any atom is -0.478 e. The molecule has 0 bridgehead atoms. The highest BCUT2D eigenvalue weighted by Gasteiger charge is 2.08. The normalized spacial score (nSPS) is 10.4. The fraction of sp³-hybridized carbons (Fsp3) is 0. The Morgan fingerprint density at radius 3 is 1.52 bits per heavy atom. The fourth-order valence-electron chi connectivity index (χ4n) is 2.60. The predicted octanol–water partition coefficient (Wildman–Crippen LogP) is 4.00. The number of carbonyl (C=O) groups is 2. The van der Waals surface area contributed by atoms with Gasteiger partial charge in [0, 0.05) is 11.3 Å². The van der Waals surface area contributed by atoms with E-state index in [1.165, 1.54) is 12.1 Å². The van der Waals surface area contributed by atoms with Gasteiger partial charge in [-0.3, -0.25) is 0 Å². The Morgan fingerprint density at radius 1 is 0.640 bits per heavy atom. The Labute approximate surface area is 144 Å². The minimum atomic E-state index is -0.973. The number of hydrogen-bond donors (Lipinski definition) is 3. The molecule has 0 fully saturated rings. The molecular formula is C20H15NO4. The smallest absolute Gasteiger partial charge is 0.335 e. The quantitative estimate of drug-likeness (QED) is 0.627. The van der Waals surface area contributed by atoms with Crippen molar-refractivity contribution in [3.8, 4) is 22.3 Å². The molecule has 0 radical (unpaired) electrons. The second-order valence-electron chi connectivity index (χ2n) is 5.57. The molecule has 0 aliphatic rings. The molecule has 124 valence electrons. The third-order valence-electron chi connectivity index (χ3n) is 3.96. The summed E-state index contributed by atoms with van der Waals surface area (Å²) in [5, 5.41) is 17.9. The Balaban J connectivity index is 1.92. The molecule has 3 rings (SSSR count). The van der Waals surface area contributed by atoms with E-state index < -0.39 is 11.9 Å². The summed E-state index contributed by atoms with van der Waals surface area (Å²) >= 11 is 0. The lowest BCUT2D eigenvalue weighted by atomic mass is 9.97. The van der Waals surface area contributed by atoms with E-state index in [1.54, 1.807) is 36.4 Å². The zero-order chi connectivity index (χ0) is 18.0.